The summed E-state index contributed by atoms with van der Waals surface area (Å²) in [6.07, 6.45) is 76.6. The topological polar surface area (TPSA) is 111 Å². The Hall–Kier alpha value is -2.49. The molecule has 0 saturated heterocycles. The van der Waals surface area contributed by atoms with Gasteiger partial charge in [0.05, 0.1) is 40.3 Å². The minimum absolute atomic E-state index is 0.150. The van der Waals surface area contributed by atoms with Gasteiger partial charge >= 0.3 is 11.9 Å². The molecule has 2 atom stereocenters. The van der Waals surface area contributed by atoms with Crippen molar-refractivity contribution in [2.24, 2.45) is 0 Å². The minimum atomic E-state index is -1.62. The molecular formula is C72H135NO8. The molecule has 0 aromatic heterocycles. The second-order valence-electron chi connectivity index (χ2n) is 25.2. The molecule has 2 unspecified atom stereocenters. The molecule has 476 valence electrons. The van der Waals surface area contributed by atoms with Crippen LogP contribution in [0.25, 0.3) is 0 Å². The molecule has 9 nitrogen and oxygen atoms in total. The van der Waals surface area contributed by atoms with Gasteiger partial charge in [0.2, 0.25) is 0 Å². The average molecular weight is 1140 g/mol. The summed E-state index contributed by atoms with van der Waals surface area (Å²) in [5.41, 5.74) is 0. The van der Waals surface area contributed by atoms with Crippen molar-refractivity contribution in [3.63, 3.8) is 0 Å². The summed E-state index contributed by atoms with van der Waals surface area (Å²) in [6, 6.07) is 0. The van der Waals surface area contributed by atoms with Crippen LogP contribution in [0.2, 0.25) is 0 Å². The number of carbonyl (C=O) groups is 3. The van der Waals surface area contributed by atoms with E-state index in [0.29, 0.717) is 17.4 Å². The van der Waals surface area contributed by atoms with Gasteiger partial charge in [0, 0.05) is 12.8 Å². The molecule has 0 radical (unpaired) electrons. The van der Waals surface area contributed by atoms with E-state index in [-0.39, 0.29) is 32.2 Å². The number of unbranched alkanes of at least 4 members (excludes halogenated alkanes) is 45. The van der Waals surface area contributed by atoms with Crippen molar-refractivity contribution >= 4 is 17.9 Å². The molecule has 81 heavy (non-hydrogen) atoms. The molecule has 0 aliphatic heterocycles. The summed E-state index contributed by atoms with van der Waals surface area (Å²) in [5, 5.41) is 11.8. The first-order valence-electron chi connectivity index (χ1n) is 35.1. The number of carbonyl (C=O) groups excluding carboxylic acids is 3. The first-order chi connectivity index (χ1) is 39.6. The molecule has 0 spiro atoms. The molecule has 0 bridgehead atoms. The molecule has 0 aliphatic rings. The van der Waals surface area contributed by atoms with E-state index >= 15 is 0 Å². The number of hydrogen-bond donors (Lipinski definition) is 0. The molecule has 0 aliphatic carbocycles. The summed E-state index contributed by atoms with van der Waals surface area (Å²) >= 11 is 0. The molecule has 0 saturated carbocycles. The number of carboxylic acid groups (broad SMARTS) is 1. The molecule has 0 N–H and O–H groups in total. The van der Waals surface area contributed by atoms with Crippen LogP contribution in [0, 0.1) is 0 Å². The third kappa shape index (κ3) is 64.9. The minimum Gasteiger partial charge on any atom is -0.545 e. The predicted octanol–water partition coefficient (Wildman–Crippen LogP) is 20.3. The Labute approximate surface area is 502 Å². The standard InChI is InChI=1S/C72H135NO8/c1-6-8-10-12-14-16-18-20-22-24-26-28-29-30-31-32-33-34-35-36-37-38-39-40-41-43-45-47-49-51-53-55-57-59-61-63-70(75)81-68(67-80-72(71(76)77)78-65-64-73(3,4)5)66-79-69(74)62-60-58-56-54-52-50-48-46-44-42-27-25-23-21-19-17-15-13-11-9-7-2/h18,20,24-27,68,72H,6-17,19,21-23,28-67H2,1-5H3/b20-18-,26-24-,27-25-. The third-order valence-corrected chi connectivity index (χ3v) is 15.9. The Kier molecular flexibility index (Phi) is 61.6. The Bertz CT molecular complexity index is 1420. The lowest BCUT2D eigenvalue weighted by Crippen LogP contribution is -2.44. The number of aliphatic carboxylic acids is 1. The van der Waals surface area contributed by atoms with Gasteiger partial charge in [0.1, 0.15) is 13.2 Å². The summed E-state index contributed by atoms with van der Waals surface area (Å²) in [5.74, 6) is -2.26. The number of ether oxygens (including phenoxy) is 4. The zero-order chi connectivity index (χ0) is 59.1. The lowest BCUT2D eigenvalue weighted by Gasteiger charge is -2.26. The highest BCUT2D eigenvalue weighted by Crippen LogP contribution is 2.18. The van der Waals surface area contributed by atoms with Crippen molar-refractivity contribution in [3.8, 4) is 0 Å². The van der Waals surface area contributed by atoms with Crippen LogP contribution in [-0.4, -0.2) is 82.3 Å². The smallest absolute Gasteiger partial charge is 0.306 e. The summed E-state index contributed by atoms with van der Waals surface area (Å²) in [6.45, 7) is 4.79. The van der Waals surface area contributed by atoms with Crippen molar-refractivity contribution in [2.75, 3.05) is 47.5 Å². The van der Waals surface area contributed by atoms with E-state index in [9.17, 15) is 19.5 Å². The van der Waals surface area contributed by atoms with Crippen molar-refractivity contribution in [1.29, 1.82) is 0 Å². The zero-order valence-corrected chi connectivity index (χ0v) is 54.4. The highest BCUT2D eigenvalue weighted by molar-refractivity contribution is 5.70. The first-order valence-corrected chi connectivity index (χ1v) is 35.1. The summed E-state index contributed by atoms with van der Waals surface area (Å²) in [4.78, 5) is 37.4. The molecule has 0 fully saturated rings. The van der Waals surface area contributed by atoms with Crippen LogP contribution in [0.15, 0.2) is 36.5 Å². The molecule has 0 aromatic carbocycles. The van der Waals surface area contributed by atoms with Gasteiger partial charge in [-0.2, -0.15) is 0 Å². The van der Waals surface area contributed by atoms with Crippen LogP contribution in [0.1, 0.15) is 348 Å². The number of esters is 2. The number of rotatable bonds is 66. The Morgan fingerprint density at radius 2 is 0.667 bits per heavy atom. The second kappa shape index (κ2) is 63.5. The van der Waals surface area contributed by atoms with E-state index in [2.05, 4.69) is 50.3 Å². The van der Waals surface area contributed by atoms with E-state index in [4.69, 9.17) is 18.9 Å². The normalized spacial score (nSPS) is 12.9. The van der Waals surface area contributed by atoms with Gasteiger partial charge in [-0.3, -0.25) is 9.59 Å². The molecular weight excluding hydrogens is 1010 g/mol. The molecule has 0 rings (SSSR count). The lowest BCUT2D eigenvalue weighted by molar-refractivity contribution is -0.870. The fourth-order valence-electron chi connectivity index (χ4n) is 10.4. The van der Waals surface area contributed by atoms with Gasteiger partial charge in [-0.15, -0.1) is 0 Å². The highest BCUT2D eigenvalue weighted by Gasteiger charge is 2.22. The highest BCUT2D eigenvalue weighted by atomic mass is 16.7. The third-order valence-electron chi connectivity index (χ3n) is 15.9. The van der Waals surface area contributed by atoms with E-state index in [1.807, 2.05) is 21.1 Å². The Morgan fingerprint density at radius 1 is 0.370 bits per heavy atom. The first kappa shape index (κ1) is 78.5. The van der Waals surface area contributed by atoms with Gasteiger partial charge in [-0.05, 0) is 70.6 Å². The fraction of sp³-hybridized carbons (Fsp3) is 0.875. The van der Waals surface area contributed by atoms with E-state index in [1.165, 1.54) is 276 Å². The van der Waals surface area contributed by atoms with Crippen molar-refractivity contribution < 1.29 is 42.9 Å². The number of likely N-dealkylation sites (N-methyl/N-ethyl adjacent to an activating group) is 1. The van der Waals surface area contributed by atoms with E-state index < -0.39 is 24.3 Å². The molecule has 9 heteroatoms. The van der Waals surface area contributed by atoms with Gasteiger partial charge in [-0.1, -0.05) is 301 Å². The maximum atomic E-state index is 12.9. The lowest BCUT2D eigenvalue weighted by atomic mass is 10.0. The van der Waals surface area contributed by atoms with Crippen LogP contribution in [0.4, 0.5) is 0 Å². The van der Waals surface area contributed by atoms with Crippen molar-refractivity contribution in [3.05, 3.63) is 36.5 Å². The van der Waals surface area contributed by atoms with Crippen LogP contribution < -0.4 is 5.11 Å². The predicted molar refractivity (Wildman–Crippen MR) is 343 cm³/mol. The van der Waals surface area contributed by atoms with Crippen LogP contribution >= 0.6 is 0 Å². The van der Waals surface area contributed by atoms with Gasteiger partial charge < -0.3 is 33.3 Å². The van der Waals surface area contributed by atoms with Gasteiger partial charge in [0.15, 0.2) is 12.4 Å². The van der Waals surface area contributed by atoms with Crippen molar-refractivity contribution in [1.82, 2.24) is 0 Å². The van der Waals surface area contributed by atoms with Gasteiger partial charge in [0.25, 0.3) is 0 Å². The molecule has 0 amide bonds. The van der Waals surface area contributed by atoms with E-state index in [0.717, 1.165) is 44.9 Å². The van der Waals surface area contributed by atoms with Crippen LogP contribution in [0.3, 0.4) is 0 Å². The fourth-order valence-corrected chi connectivity index (χ4v) is 10.4. The van der Waals surface area contributed by atoms with Crippen LogP contribution in [0.5, 0.6) is 0 Å². The quantitative estimate of drug-likeness (QED) is 0.0195. The maximum Gasteiger partial charge on any atom is 0.306 e. The average Bonchev–Trinajstić information content (AvgIpc) is 3.44. The molecule has 0 aromatic rings. The SMILES string of the molecule is CCCCCCC/C=C\C/C=C\CCCCCCCCCCCCCCCCCCCCCCCCCC(=O)OC(COC(=O)CCCCCCCCCCC/C=C\CCCCCCCCCC)COC(OCC[N+](C)(C)C)C(=O)[O-]. The molecule has 0 heterocycles. The summed E-state index contributed by atoms with van der Waals surface area (Å²) < 4.78 is 22.8. The summed E-state index contributed by atoms with van der Waals surface area (Å²) in [7, 11) is 5.94. The number of allylic oxidation sites excluding steroid dienone is 6. The Morgan fingerprint density at radius 3 is 0.988 bits per heavy atom. The second-order valence-corrected chi connectivity index (χ2v) is 25.2. The van der Waals surface area contributed by atoms with Crippen LogP contribution in [-0.2, 0) is 33.3 Å². The number of quaternary nitrogens is 1. The number of nitrogens with zero attached hydrogens (tertiary/aromatic N) is 1. The number of carboxylic acids is 1. The van der Waals surface area contributed by atoms with E-state index in [1.54, 1.807) is 0 Å². The van der Waals surface area contributed by atoms with Crippen molar-refractivity contribution in [2.45, 2.75) is 360 Å². The largest absolute Gasteiger partial charge is 0.545 e. The zero-order valence-electron chi connectivity index (χ0n) is 54.4. The monoisotopic (exact) mass is 1140 g/mol. The van der Waals surface area contributed by atoms with Gasteiger partial charge in [-0.25, -0.2) is 0 Å². The maximum absolute atomic E-state index is 12.9. The Balaban J connectivity index is 4.03. The number of hydrogen-bond acceptors (Lipinski definition) is 8.